The number of benzene rings is 2. The predicted octanol–water partition coefficient (Wildman–Crippen LogP) is 6.44. The van der Waals surface area contributed by atoms with E-state index in [0.717, 1.165) is 47.1 Å². The number of alkyl halides is 3. The van der Waals surface area contributed by atoms with Gasteiger partial charge < -0.3 is 9.29 Å². The summed E-state index contributed by atoms with van der Waals surface area (Å²) >= 11 is -1.04. The lowest BCUT2D eigenvalue weighted by molar-refractivity contribution is -0.274. The molecule has 0 radical (unpaired) electrons. The predicted molar refractivity (Wildman–Crippen MR) is 136 cm³/mol. The molecule has 0 saturated heterocycles. The second-order valence-electron chi connectivity index (χ2n) is 8.39. The van der Waals surface area contributed by atoms with Gasteiger partial charge in [0.2, 0.25) is 0 Å². The molecule has 0 aliphatic carbocycles. The average Bonchev–Trinajstić information content (AvgIpc) is 3.12. The second kappa shape index (κ2) is 12.2. The van der Waals surface area contributed by atoms with Crippen molar-refractivity contribution in [3.05, 3.63) is 59.7 Å². The SMILES string of the molecule is CCCN(CCC)C(Cc1ccc(OC(F)(F)F)cc1)CN(c1sc2ccccc2c1C)S(=O)[O-]. The third-order valence-corrected chi connectivity index (χ3v) is 7.87. The number of aryl methyl sites for hydroxylation is 1. The molecule has 3 aromatic rings. The highest BCUT2D eigenvalue weighted by Gasteiger charge is 2.31. The van der Waals surface area contributed by atoms with E-state index in [0.29, 0.717) is 11.4 Å². The molecular formula is C25H30F3N2O3S2-. The lowest BCUT2D eigenvalue weighted by atomic mass is 10.0. The van der Waals surface area contributed by atoms with E-state index < -0.39 is 17.6 Å². The molecule has 3 rings (SSSR count). The number of anilines is 1. The van der Waals surface area contributed by atoms with Crippen molar-refractivity contribution >= 4 is 37.7 Å². The lowest BCUT2D eigenvalue weighted by Gasteiger charge is -2.36. The van der Waals surface area contributed by atoms with Gasteiger partial charge >= 0.3 is 6.36 Å². The number of hydrogen-bond acceptors (Lipinski definition) is 5. The molecule has 10 heteroatoms. The average molecular weight is 528 g/mol. The summed E-state index contributed by atoms with van der Waals surface area (Å²) < 4.78 is 68.8. The largest absolute Gasteiger partial charge is 0.755 e. The fourth-order valence-corrected chi connectivity index (χ4v) is 6.25. The lowest BCUT2D eigenvalue weighted by Crippen LogP contribution is -2.46. The maximum Gasteiger partial charge on any atom is 0.573 e. The molecule has 0 N–H and O–H groups in total. The van der Waals surface area contributed by atoms with Gasteiger partial charge in [-0.1, -0.05) is 44.2 Å². The van der Waals surface area contributed by atoms with Crippen LogP contribution in [0.3, 0.4) is 0 Å². The van der Waals surface area contributed by atoms with E-state index in [4.69, 9.17) is 0 Å². The van der Waals surface area contributed by atoms with E-state index in [-0.39, 0.29) is 18.3 Å². The third-order valence-electron chi connectivity index (χ3n) is 5.77. The minimum absolute atomic E-state index is 0.160. The molecule has 35 heavy (non-hydrogen) atoms. The Hall–Kier alpha value is -2.14. The molecule has 2 atom stereocenters. The molecular weight excluding hydrogens is 497 g/mol. The van der Waals surface area contributed by atoms with Crippen LogP contribution in [0, 0.1) is 6.92 Å². The van der Waals surface area contributed by atoms with Gasteiger partial charge in [0.05, 0.1) is 0 Å². The molecule has 2 aromatic carbocycles. The molecule has 192 valence electrons. The Balaban J connectivity index is 1.91. The van der Waals surface area contributed by atoms with Crippen molar-refractivity contribution in [2.24, 2.45) is 0 Å². The molecule has 0 aliphatic rings. The van der Waals surface area contributed by atoms with E-state index in [2.05, 4.69) is 23.5 Å². The minimum Gasteiger partial charge on any atom is -0.755 e. The number of hydrogen-bond donors (Lipinski definition) is 0. The second-order valence-corrected chi connectivity index (χ2v) is 10.3. The maximum atomic E-state index is 12.5. The molecule has 0 aliphatic heterocycles. The maximum absolute atomic E-state index is 12.5. The first-order valence-corrected chi connectivity index (χ1v) is 13.4. The van der Waals surface area contributed by atoms with Crippen LogP contribution in [-0.4, -0.2) is 45.7 Å². The number of halogens is 3. The summed E-state index contributed by atoms with van der Waals surface area (Å²) in [6.07, 6.45) is -2.46. The van der Waals surface area contributed by atoms with Gasteiger partial charge in [-0.2, -0.15) is 0 Å². The van der Waals surface area contributed by atoms with E-state index in [1.54, 1.807) is 12.1 Å². The highest BCUT2D eigenvalue weighted by atomic mass is 32.2. The quantitative estimate of drug-likeness (QED) is 0.254. The first-order valence-electron chi connectivity index (χ1n) is 11.6. The van der Waals surface area contributed by atoms with Crippen LogP contribution in [0.2, 0.25) is 0 Å². The Bertz CT molecular complexity index is 1110. The summed E-state index contributed by atoms with van der Waals surface area (Å²) in [7, 11) is 0. The molecule has 2 unspecified atom stereocenters. The summed E-state index contributed by atoms with van der Waals surface area (Å²) in [6.45, 7) is 7.89. The zero-order chi connectivity index (χ0) is 25.6. The number of rotatable bonds is 12. The fourth-order valence-electron chi connectivity index (χ4n) is 4.26. The van der Waals surface area contributed by atoms with Crippen LogP contribution in [-0.2, 0) is 17.7 Å². The number of thiophene rings is 1. The molecule has 0 amide bonds. The topological polar surface area (TPSA) is 55.8 Å². The van der Waals surface area contributed by atoms with E-state index in [9.17, 15) is 21.9 Å². The first kappa shape index (κ1) is 27.4. The Morgan fingerprint density at radius 3 is 2.23 bits per heavy atom. The van der Waals surface area contributed by atoms with Gasteiger partial charge in [0.1, 0.15) is 10.8 Å². The Kier molecular flexibility index (Phi) is 9.57. The van der Waals surface area contributed by atoms with Gasteiger partial charge in [-0.15, -0.1) is 24.5 Å². The minimum atomic E-state index is -4.75. The van der Waals surface area contributed by atoms with E-state index in [1.807, 2.05) is 31.2 Å². The number of ether oxygens (including phenoxy) is 1. The smallest absolute Gasteiger partial charge is 0.573 e. The van der Waals surface area contributed by atoms with Gasteiger partial charge in [-0.25, -0.2) is 0 Å². The van der Waals surface area contributed by atoms with Crippen molar-refractivity contribution in [2.45, 2.75) is 52.4 Å². The summed E-state index contributed by atoms with van der Waals surface area (Å²) in [4.78, 5) is 2.27. The van der Waals surface area contributed by atoms with Crippen LogP contribution in [0.4, 0.5) is 18.2 Å². The summed E-state index contributed by atoms with van der Waals surface area (Å²) in [5, 5.41) is 1.71. The van der Waals surface area contributed by atoms with Crippen LogP contribution >= 0.6 is 11.3 Å². The van der Waals surface area contributed by atoms with Gasteiger partial charge in [-0.3, -0.25) is 13.4 Å². The third kappa shape index (κ3) is 7.42. The van der Waals surface area contributed by atoms with Crippen LogP contribution < -0.4 is 9.04 Å². The number of fused-ring (bicyclic) bond motifs is 1. The number of nitrogens with zero attached hydrogens (tertiary/aromatic N) is 2. The first-order chi connectivity index (χ1) is 16.6. The fraction of sp³-hybridized carbons (Fsp3) is 0.440. The Morgan fingerprint density at radius 2 is 1.69 bits per heavy atom. The van der Waals surface area contributed by atoms with Crippen molar-refractivity contribution in [1.82, 2.24) is 4.90 Å². The standard InChI is InChI=1S/C25H31F3N2O3S2/c1-4-14-29(15-5-2)20(16-19-10-12-21(13-11-19)33-25(26,27)28)17-30(35(31)32)24-18(3)22-8-6-7-9-23(22)34-24/h6-13,20H,4-5,14-17H2,1-3H3,(H,31,32)/p-1. The molecule has 0 spiro atoms. The van der Waals surface area contributed by atoms with Gasteiger partial charge in [0, 0.05) is 28.6 Å². The van der Waals surface area contributed by atoms with Crippen molar-refractivity contribution < 1.29 is 26.7 Å². The summed E-state index contributed by atoms with van der Waals surface area (Å²) in [6, 6.07) is 13.5. The van der Waals surface area contributed by atoms with E-state index >= 15 is 0 Å². The molecule has 0 saturated carbocycles. The molecule has 5 nitrogen and oxygen atoms in total. The zero-order valence-corrected chi connectivity index (χ0v) is 21.6. The Labute approximate surface area is 210 Å². The van der Waals surface area contributed by atoms with Crippen molar-refractivity contribution in [3.8, 4) is 5.75 Å². The van der Waals surface area contributed by atoms with Crippen molar-refractivity contribution in [1.29, 1.82) is 0 Å². The molecule has 1 aromatic heterocycles. The normalized spacial score (nSPS) is 13.8. The highest BCUT2D eigenvalue weighted by Crippen LogP contribution is 2.38. The van der Waals surface area contributed by atoms with Gasteiger partial charge in [-0.05, 0) is 74.0 Å². The highest BCUT2D eigenvalue weighted by molar-refractivity contribution is 7.81. The summed E-state index contributed by atoms with van der Waals surface area (Å²) in [5.41, 5.74) is 1.73. The molecule has 1 heterocycles. The monoisotopic (exact) mass is 527 g/mol. The van der Waals surface area contributed by atoms with Crippen molar-refractivity contribution in [3.63, 3.8) is 0 Å². The Morgan fingerprint density at radius 1 is 1.06 bits per heavy atom. The van der Waals surface area contributed by atoms with Crippen LogP contribution in [0.15, 0.2) is 48.5 Å². The van der Waals surface area contributed by atoms with Gasteiger partial charge in [0.25, 0.3) is 0 Å². The van der Waals surface area contributed by atoms with Gasteiger partial charge in [0.15, 0.2) is 0 Å². The summed E-state index contributed by atoms with van der Waals surface area (Å²) in [5.74, 6) is -0.278. The van der Waals surface area contributed by atoms with Crippen molar-refractivity contribution in [2.75, 3.05) is 23.9 Å². The van der Waals surface area contributed by atoms with Crippen LogP contribution in [0.1, 0.15) is 37.8 Å². The molecule has 0 fully saturated rings. The molecule has 0 bridgehead atoms. The van der Waals surface area contributed by atoms with Crippen LogP contribution in [0.5, 0.6) is 5.75 Å². The van der Waals surface area contributed by atoms with E-state index in [1.165, 1.54) is 27.8 Å². The van der Waals surface area contributed by atoms with Crippen LogP contribution in [0.25, 0.3) is 10.1 Å². The zero-order valence-electron chi connectivity index (χ0n) is 20.0.